The Balaban J connectivity index is 1.42. The standard InChI is InChI=1S/C25H24F3N7O8/c1-12(15-6-5-14(8-16(15)35(40)41)4-3-7-29-23(39)25(26,27)28)42-10-18-17(37)9-19(43-18)34-11-30-20-21(34)32-24(31-13(2)36)33-22(20)38/h5-6,8,11-12,17-19,37H,7,9-10H2,1-2H3,(H,29,39)(H2,31,32,33,36,38)/t12?,17-,18+,19+/m0/s1. The molecule has 18 heteroatoms. The number of aliphatic hydroxyl groups excluding tert-OH is 1. The highest BCUT2D eigenvalue weighted by Crippen LogP contribution is 2.33. The smallest absolute Gasteiger partial charge is 0.390 e. The van der Waals surface area contributed by atoms with Gasteiger partial charge >= 0.3 is 12.1 Å². The van der Waals surface area contributed by atoms with Gasteiger partial charge in [0.25, 0.3) is 11.2 Å². The molecule has 3 aromatic rings. The van der Waals surface area contributed by atoms with Gasteiger partial charge in [-0.2, -0.15) is 18.2 Å². The number of hydrogen-bond acceptors (Lipinski definition) is 10. The number of aliphatic hydroxyl groups is 1. The van der Waals surface area contributed by atoms with E-state index < -0.39 is 59.6 Å². The summed E-state index contributed by atoms with van der Waals surface area (Å²) in [7, 11) is 0. The van der Waals surface area contributed by atoms with Crippen molar-refractivity contribution >= 4 is 34.6 Å². The fourth-order valence-electron chi connectivity index (χ4n) is 4.22. The molecule has 0 saturated carbocycles. The van der Waals surface area contributed by atoms with Crippen molar-refractivity contribution in [1.82, 2.24) is 24.8 Å². The molecule has 15 nitrogen and oxygen atoms in total. The van der Waals surface area contributed by atoms with Gasteiger partial charge < -0.3 is 19.9 Å². The van der Waals surface area contributed by atoms with Crippen LogP contribution in [0.3, 0.4) is 0 Å². The topological polar surface area (TPSA) is 204 Å². The van der Waals surface area contributed by atoms with Gasteiger partial charge in [-0.3, -0.25) is 39.4 Å². The van der Waals surface area contributed by atoms with E-state index in [1.807, 2.05) is 0 Å². The number of alkyl halides is 3. The maximum absolute atomic E-state index is 12.3. The maximum atomic E-state index is 12.3. The number of nitrogens with one attached hydrogen (secondary N) is 3. The number of carbonyl (C=O) groups excluding carboxylic acids is 2. The van der Waals surface area contributed by atoms with Gasteiger partial charge in [-0.25, -0.2) is 4.98 Å². The number of amides is 2. The molecule has 2 aromatic heterocycles. The van der Waals surface area contributed by atoms with Gasteiger partial charge in [0.2, 0.25) is 11.9 Å². The van der Waals surface area contributed by atoms with Crippen LogP contribution < -0.4 is 16.2 Å². The van der Waals surface area contributed by atoms with Crippen LogP contribution in [0.2, 0.25) is 0 Å². The molecule has 4 rings (SSSR count). The average molecular weight is 608 g/mol. The van der Waals surface area contributed by atoms with Crippen LogP contribution in [0.15, 0.2) is 29.3 Å². The molecule has 1 unspecified atom stereocenters. The number of aromatic amines is 1. The molecule has 2 amide bonds. The number of benzene rings is 1. The molecule has 4 atom stereocenters. The molecule has 0 spiro atoms. The number of nitrogens with zero attached hydrogens (tertiary/aromatic N) is 4. The Morgan fingerprint density at radius 2 is 2.14 bits per heavy atom. The SMILES string of the molecule is CC(=O)Nc1nc2c(ncn2[C@H]2C[C@H](O)[C@@H](COC(C)c3ccc(C#CCNC(=O)C(F)(F)F)cc3[N+](=O)[O-])O2)c(=O)[nH]1. The summed E-state index contributed by atoms with van der Waals surface area (Å²) in [6.45, 7) is 2.00. The Bertz CT molecular complexity index is 1680. The van der Waals surface area contributed by atoms with E-state index in [9.17, 15) is 42.8 Å². The number of H-pyrrole nitrogens is 1. The lowest BCUT2D eigenvalue weighted by molar-refractivity contribution is -0.386. The molecule has 4 N–H and O–H groups in total. The first-order valence-corrected chi connectivity index (χ1v) is 12.6. The molecular formula is C25H24F3N7O8. The van der Waals surface area contributed by atoms with Gasteiger partial charge in [0.05, 0.1) is 42.2 Å². The zero-order valence-electron chi connectivity index (χ0n) is 22.5. The fourth-order valence-corrected chi connectivity index (χ4v) is 4.22. The number of rotatable bonds is 8. The van der Waals surface area contributed by atoms with Crippen LogP contribution in [0.25, 0.3) is 11.2 Å². The number of imidazole rings is 1. The Labute approximate surface area is 239 Å². The van der Waals surface area contributed by atoms with Gasteiger partial charge in [-0.15, -0.1) is 0 Å². The van der Waals surface area contributed by atoms with Gasteiger partial charge in [0, 0.05) is 25.0 Å². The lowest BCUT2D eigenvalue weighted by atomic mass is 10.0. The third-order valence-electron chi connectivity index (χ3n) is 6.24. The summed E-state index contributed by atoms with van der Waals surface area (Å²) in [4.78, 5) is 56.2. The van der Waals surface area contributed by atoms with Crippen LogP contribution in [-0.2, 0) is 19.1 Å². The monoisotopic (exact) mass is 607 g/mol. The molecule has 1 aromatic carbocycles. The summed E-state index contributed by atoms with van der Waals surface area (Å²) in [5, 5.41) is 26.3. The van der Waals surface area contributed by atoms with Crippen molar-refractivity contribution in [3.8, 4) is 11.8 Å². The first kappa shape index (κ1) is 31.1. The molecule has 0 bridgehead atoms. The quantitative estimate of drug-likeness (QED) is 0.165. The summed E-state index contributed by atoms with van der Waals surface area (Å²) >= 11 is 0. The van der Waals surface area contributed by atoms with Gasteiger partial charge in [0.15, 0.2) is 11.2 Å². The van der Waals surface area contributed by atoms with Crippen LogP contribution in [0.1, 0.15) is 43.7 Å². The van der Waals surface area contributed by atoms with E-state index in [2.05, 4.69) is 32.1 Å². The maximum Gasteiger partial charge on any atom is 0.471 e. The molecule has 1 saturated heterocycles. The van der Waals surface area contributed by atoms with Crippen LogP contribution in [0.5, 0.6) is 0 Å². The number of halogens is 3. The number of ether oxygens (including phenoxy) is 2. The van der Waals surface area contributed by atoms with Crippen molar-refractivity contribution in [3.05, 3.63) is 56.1 Å². The first-order chi connectivity index (χ1) is 20.2. The van der Waals surface area contributed by atoms with Gasteiger partial charge in [0.1, 0.15) is 12.3 Å². The van der Waals surface area contributed by atoms with Crippen LogP contribution in [0, 0.1) is 22.0 Å². The molecular weight excluding hydrogens is 583 g/mol. The Hall–Kier alpha value is -4.86. The number of fused-ring (bicyclic) bond motifs is 1. The molecule has 3 heterocycles. The van der Waals surface area contributed by atoms with Crippen molar-refractivity contribution < 1.29 is 42.3 Å². The van der Waals surface area contributed by atoms with Crippen molar-refractivity contribution in [2.45, 2.75) is 51.0 Å². The molecule has 0 aliphatic carbocycles. The summed E-state index contributed by atoms with van der Waals surface area (Å²) in [6, 6.07) is 3.91. The van der Waals surface area contributed by atoms with Crippen molar-refractivity contribution in [2.24, 2.45) is 0 Å². The Morgan fingerprint density at radius 3 is 2.81 bits per heavy atom. The Morgan fingerprint density at radius 1 is 1.40 bits per heavy atom. The van der Waals surface area contributed by atoms with E-state index in [1.165, 1.54) is 30.0 Å². The minimum absolute atomic E-state index is 0.00739. The van der Waals surface area contributed by atoms with E-state index in [0.717, 1.165) is 6.07 Å². The number of hydrogen-bond donors (Lipinski definition) is 4. The van der Waals surface area contributed by atoms with E-state index in [1.54, 1.807) is 12.2 Å². The number of anilines is 1. The van der Waals surface area contributed by atoms with Crippen LogP contribution in [0.4, 0.5) is 24.8 Å². The van der Waals surface area contributed by atoms with E-state index in [0.29, 0.717) is 0 Å². The lowest BCUT2D eigenvalue weighted by Crippen LogP contribution is -2.36. The minimum atomic E-state index is -5.05. The summed E-state index contributed by atoms with van der Waals surface area (Å²) in [6.07, 6.45) is -7.19. The highest BCUT2D eigenvalue weighted by Gasteiger charge is 2.38. The summed E-state index contributed by atoms with van der Waals surface area (Å²) in [5.74, 6) is 2.06. The number of nitro groups is 1. The summed E-state index contributed by atoms with van der Waals surface area (Å²) in [5.41, 5.74) is -0.553. The molecule has 0 radical (unpaired) electrons. The third kappa shape index (κ3) is 7.32. The molecule has 43 heavy (non-hydrogen) atoms. The minimum Gasteiger partial charge on any atom is -0.390 e. The molecule has 1 aliphatic rings. The highest BCUT2D eigenvalue weighted by atomic mass is 19.4. The molecule has 1 fully saturated rings. The molecule has 228 valence electrons. The second-order valence-corrected chi connectivity index (χ2v) is 9.34. The highest BCUT2D eigenvalue weighted by molar-refractivity contribution is 5.87. The van der Waals surface area contributed by atoms with E-state index in [-0.39, 0.29) is 47.0 Å². The number of nitro benzene ring substituents is 1. The van der Waals surface area contributed by atoms with E-state index in [4.69, 9.17) is 9.47 Å². The second-order valence-electron chi connectivity index (χ2n) is 9.34. The first-order valence-electron chi connectivity index (χ1n) is 12.6. The largest absolute Gasteiger partial charge is 0.471 e. The number of carbonyl (C=O) groups is 2. The predicted molar refractivity (Wildman–Crippen MR) is 140 cm³/mol. The van der Waals surface area contributed by atoms with Crippen molar-refractivity contribution in [1.29, 1.82) is 0 Å². The fraction of sp³-hybridized carbons (Fsp3) is 0.400. The Kier molecular flexibility index (Phi) is 9.08. The van der Waals surface area contributed by atoms with Gasteiger partial charge in [-0.1, -0.05) is 11.8 Å². The van der Waals surface area contributed by atoms with Crippen molar-refractivity contribution in [2.75, 3.05) is 18.5 Å². The third-order valence-corrected chi connectivity index (χ3v) is 6.24. The van der Waals surface area contributed by atoms with Crippen LogP contribution in [-0.4, -0.2) is 72.9 Å². The second kappa shape index (κ2) is 12.6. The zero-order valence-corrected chi connectivity index (χ0v) is 22.5. The predicted octanol–water partition coefficient (Wildman–Crippen LogP) is 1.44. The number of aromatic nitrogens is 4. The van der Waals surface area contributed by atoms with Crippen molar-refractivity contribution in [3.63, 3.8) is 0 Å². The van der Waals surface area contributed by atoms with Gasteiger partial charge in [-0.05, 0) is 19.1 Å². The summed E-state index contributed by atoms with van der Waals surface area (Å²) < 4.78 is 49.9. The zero-order chi connectivity index (χ0) is 31.5. The average Bonchev–Trinajstić information content (AvgIpc) is 3.51. The van der Waals surface area contributed by atoms with Crippen LogP contribution >= 0.6 is 0 Å². The normalized spacial score (nSPS) is 19.0. The molecule has 1 aliphatic heterocycles. The van der Waals surface area contributed by atoms with E-state index >= 15 is 0 Å². The lowest BCUT2D eigenvalue weighted by Gasteiger charge is -2.19.